The average Bonchev–Trinajstić information content (AvgIpc) is 2.36. The molecule has 94 valence electrons. The van der Waals surface area contributed by atoms with Crippen molar-refractivity contribution in [2.24, 2.45) is 0 Å². The first-order valence-corrected chi connectivity index (χ1v) is 6.71. The Bertz CT molecular complexity index is 516. The van der Waals surface area contributed by atoms with Gasteiger partial charge in [0.1, 0.15) is 0 Å². The highest BCUT2D eigenvalue weighted by Crippen LogP contribution is 2.27. The van der Waals surface area contributed by atoms with E-state index in [4.69, 9.17) is 0 Å². The van der Waals surface area contributed by atoms with Crippen molar-refractivity contribution in [3.63, 3.8) is 0 Å². The molecular weight excluding hydrogens is 290 g/mol. The van der Waals surface area contributed by atoms with Crippen LogP contribution < -0.4 is 0 Å². The van der Waals surface area contributed by atoms with E-state index < -0.39 is 6.10 Å². The molecule has 18 heavy (non-hydrogen) atoms. The summed E-state index contributed by atoms with van der Waals surface area (Å²) in [7, 11) is 0. The van der Waals surface area contributed by atoms with Gasteiger partial charge >= 0.3 is 0 Å². The number of aliphatic hydroxyl groups is 1. The molecule has 2 rings (SSSR count). The lowest BCUT2D eigenvalue weighted by Gasteiger charge is -2.14. The number of aromatic nitrogens is 1. The van der Waals surface area contributed by atoms with Crippen LogP contribution in [0.15, 0.2) is 41.1 Å². The monoisotopic (exact) mass is 305 g/mol. The molecule has 1 aromatic heterocycles. The van der Waals surface area contributed by atoms with Crippen LogP contribution in [0.2, 0.25) is 0 Å². The Labute approximate surface area is 116 Å². The van der Waals surface area contributed by atoms with E-state index in [-0.39, 0.29) is 0 Å². The number of aliphatic hydroxyl groups excluding tert-OH is 1. The summed E-state index contributed by atoms with van der Waals surface area (Å²) in [5.41, 5.74) is 4.36. The number of halogens is 1. The van der Waals surface area contributed by atoms with Gasteiger partial charge in [-0.05, 0) is 48.2 Å². The molecule has 0 fully saturated rings. The van der Waals surface area contributed by atoms with E-state index in [1.165, 1.54) is 0 Å². The van der Waals surface area contributed by atoms with Crippen molar-refractivity contribution in [3.8, 4) is 0 Å². The summed E-state index contributed by atoms with van der Waals surface area (Å²) in [5.74, 6) is 0. The van der Waals surface area contributed by atoms with Gasteiger partial charge in [-0.15, -0.1) is 0 Å². The van der Waals surface area contributed by atoms with Crippen LogP contribution in [-0.4, -0.2) is 10.1 Å². The Hall–Kier alpha value is -1.19. The third-order valence-corrected chi connectivity index (χ3v) is 4.27. The van der Waals surface area contributed by atoms with Gasteiger partial charge in [0, 0.05) is 23.3 Å². The van der Waals surface area contributed by atoms with Gasteiger partial charge in [0.15, 0.2) is 0 Å². The van der Waals surface area contributed by atoms with E-state index in [0.717, 1.165) is 26.7 Å². The normalized spacial score (nSPS) is 12.4. The number of hydrogen-bond donors (Lipinski definition) is 1. The average molecular weight is 306 g/mol. The zero-order valence-corrected chi connectivity index (χ0v) is 12.1. The van der Waals surface area contributed by atoms with Crippen molar-refractivity contribution in [1.82, 2.24) is 4.98 Å². The molecule has 3 heteroatoms. The van der Waals surface area contributed by atoms with E-state index >= 15 is 0 Å². The predicted molar refractivity (Wildman–Crippen MR) is 76.5 cm³/mol. The molecule has 0 aliphatic carbocycles. The van der Waals surface area contributed by atoms with Crippen LogP contribution in [-0.2, 0) is 6.42 Å². The first-order chi connectivity index (χ1) is 8.58. The fraction of sp³-hybridized carbons (Fsp3) is 0.267. The first-order valence-electron chi connectivity index (χ1n) is 5.91. The maximum atomic E-state index is 10.3. The highest BCUT2D eigenvalue weighted by molar-refractivity contribution is 9.10. The van der Waals surface area contributed by atoms with Crippen molar-refractivity contribution in [3.05, 3.63) is 63.4 Å². The molecule has 1 atom stereocenters. The third-order valence-electron chi connectivity index (χ3n) is 3.02. The van der Waals surface area contributed by atoms with Gasteiger partial charge in [0.2, 0.25) is 0 Å². The van der Waals surface area contributed by atoms with Crippen LogP contribution in [0, 0.1) is 13.8 Å². The maximum Gasteiger partial charge on any atom is 0.0830 e. The summed E-state index contributed by atoms with van der Waals surface area (Å²) in [6, 6.07) is 7.93. The quantitative estimate of drug-likeness (QED) is 0.937. The molecule has 2 aromatic rings. The van der Waals surface area contributed by atoms with Crippen molar-refractivity contribution in [2.45, 2.75) is 26.4 Å². The Kier molecular flexibility index (Phi) is 4.15. The molecule has 2 nitrogen and oxygen atoms in total. The lowest BCUT2D eigenvalue weighted by molar-refractivity contribution is 0.178. The third kappa shape index (κ3) is 2.98. The molecule has 1 N–H and O–H groups in total. The van der Waals surface area contributed by atoms with Gasteiger partial charge in [-0.2, -0.15) is 0 Å². The van der Waals surface area contributed by atoms with Crippen molar-refractivity contribution >= 4 is 15.9 Å². The Morgan fingerprint density at radius 3 is 2.28 bits per heavy atom. The molecule has 0 spiro atoms. The molecule has 0 radical (unpaired) electrons. The summed E-state index contributed by atoms with van der Waals surface area (Å²) >= 11 is 3.54. The number of hydrogen-bond acceptors (Lipinski definition) is 2. The SMILES string of the molecule is Cc1cc(C(O)Cc2ccncc2)cc(C)c1Br. The van der Waals surface area contributed by atoms with E-state index in [1.54, 1.807) is 12.4 Å². The molecule has 0 amide bonds. The first kappa shape index (κ1) is 13.2. The zero-order chi connectivity index (χ0) is 13.1. The molecular formula is C15H16BrNO. The maximum absolute atomic E-state index is 10.3. The minimum Gasteiger partial charge on any atom is -0.388 e. The second kappa shape index (κ2) is 5.63. The standard InChI is InChI=1S/C15H16BrNO/c1-10-7-13(8-11(2)15(10)16)14(18)9-12-3-5-17-6-4-12/h3-8,14,18H,9H2,1-2H3. The second-order valence-corrected chi connectivity index (χ2v) is 5.34. The van der Waals surface area contributed by atoms with Gasteiger partial charge < -0.3 is 5.11 Å². The fourth-order valence-corrected chi connectivity index (χ4v) is 2.26. The molecule has 0 aliphatic rings. The largest absolute Gasteiger partial charge is 0.388 e. The van der Waals surface area contributed by atoms with Gasteiger partial charge in [-0.25, -0.2) is 0 Å². The summed E-state index contributed by atoms with van der Waals surface area (Å²) in [6.07, 6.45) is 3.64. The van der Waals surface area contributed by atoms with Crippen LogP contribution in [0.25, 0.3) is 0 Å². The predicted octanol–water partition coefficient (Wildman–Crippen LogP) is 3.74. The molecule has 0 saturated carbocycles. The highest BCUT2D eigenvalue weighted by Gasteiger charge is 2.11. The van der Waals surface area contributed by atoms with Crippen LogP contribution in [0.1, 0.15) is 28.4 Å². The smallest absolute Gasteiger partial charge is 0.0830 e. The highest BCUT2D eigenvalue weighted by atomic mass is 79.9. The molecule has 0 aliphatic heterocycles. The van der Waals surface area contributed by atoms with Crippen molar-refractivity contribution in [1.29, 1.82) is 0 Å². The van der Waals surface area contributed by atoms with Crippen molar-refractivity contribution in [2.75, 3.05) is 0 Å². The molecule has 1 unspecified atom stereocenters. The van der Waals surface area contributed by atoms with Gasteiger partial charge in [0.05, 0.1) is 6.10 Å². The summed E-state index contributed by atoms with van der Waals surface area (Å²) in [4.78, 5) is 3.98. The minimum absolute atomic E-state index is 0.474. The minimum atomic E-state index is -0.474. The zero-order valence-electron chi connectivity index (χ0n) is 10.5. The Balaban J connectivity index is 2.22. The fourth-order valence-electron chi connectivity index (χ4n) is 2.03. The molecule has 1 heterocycles. The summed E-state index contributed by atoms with van der Waals surface area (Å²) in [6.45, 7) is 4.08. The molecule has 0 bridgehead atoms. The van der Waals surface area contributed by atoms with Gasteiger partial charge in [-0.1, -0.05) is 28.1 Å². The van der Waals surface area contributed by atoms with Crippen LogP contribution in [0.4, 0.5) is 0 Å². The number of rotatable bonds is 3. The summed E-state index contributed by atoms with van der Waals surface area (Å²) in [5, 5.41) is 10.3. The van der Waals surface area contributed by atoms with Gasteiger partial charge in [-0.3, -0.25) is 4.98 Å². The number of pyridine rings is 1. The number of nitrogens with zero attached hydrogens (tertiary/aromatic N) is 1. The topological polar surface area (TPSA) is 33.1 Å². The Morgan fingerprint density at radius 1 is 1.17 bits per heavy atom. The lowest BCUT2D eigenvalue weighted by Crippen LogP contribution is -2.03. The summed E-state index contributed by atoms with van der Waals surface area (Å²) < 4.78 is 1.11. The van der Waals surface area contributed by atoms with Crippen LogP contribution in [0.5, 0.6) is 0 Å². The Morgan fingerprint density at radius 2 is 1.72 bits per heavy atom. The second-order valence-electron chi connectivity index (χ2n) is 4.54. The van der Waals surface area contributed by atoms with E-state index in [1.807, 2.05) is 38.1 Å². The van der Waals surface area contributed by atoms with Crippen molar-refractivity contribution < 1.29 is 5.11 Å². The van der Waals surface area contributed by atoms with Crippen LogP contribution in [0.3, 0.4) is 0 Å². The molecule has 1 aromatic carbocycles. The van der Waals surface area contributed by atoms with Crippen LogP contribution >= 0.6 is 15.9 Å². The number of benzene rings is 1. The van der Waals surface area contributed by atoms with Gasteiger partial charge in [0.25, 0.3) is 0 Å². The molecule has 0 saturated heterocycles. The number of aryl methyl sites for hydroxylation is 2. The van der Waals surface area contributed by atoms with E-state index in [9.17, 15) is 5.11 Å². The van der Waals surface area contributed by atoms with E-state index in [2.05, 4.69) is 20.9 Å². The lowest BCUT2D eigenvalue weighted by atomic mass is 9.98. The van der Waals surface area contributed by atoms with E-state index in [0.29, 0.717) is 6.42 Å².